The lowest BCUT2D eigenvalue weighted by molar-refractivity contribution is 0.102. The quantitative estimate of drug-likeness (QED) is 0.384. The number of ether oxygens (including phenoxy) is 2. The molecule has 10 heteroatoms. The number of anilines is 1. The molecule has 0 aliphatic heterocycles. The van der Waals surface area contributed by atoms with E-state index in [-0.39, 0.29) is 11.1 Å². The number of carbonyl (C=O) groups excluding carboxylic acids is 1. The number of hydrogen-bond acceptors (Lipinski definition) is 8. The van der Waals surface area contributed by atoms with Gasteiger partial charge < -0.3 is 19.2 Å². The Hall–Kier alpha value is -4.99. The summed E-state index contributed by atoms with van der Waals surface area (Å²) in [5.41, 5.74) is -0.111. The standard InChI is InChI=1S/C24H17N5O5/c1-32-19-4-2-3-15-13-18(24(31)34-22(15)19)23(30)26-16-5-7-17(8-6-16)33-21-10-9-20(27-28-21)29-12-11-25-14-29/h2-14H,1H3,(H,26,30). The van der Waals surface area contributed by atoms with Crippen molar-refractivity contribution in [3.8, 4) is 23.2 Å². The van der Waals surface area contributed by atoms with E-state index in [1.165, 1.54) is 13.2 Å². The summed E-state index contributed by atoms with van der Waals surface area (Å²) in [5.74, 6) is 1.25. The van der Waals surface area contributed by atoms with E-state index in [0.29, 0.717) is 34.3 Å². The number of rotatable bonds is 6. The number of benzene rings is 2. The van der Waals surface area contributed by atoms with Gasteiger partial charge in [0.2, 0.25) is 5.88 Å². The minimum Gasteiger partial charge on any atom is -0.493 e. The molecule has 3 aromatic heterocycles. The van der Waals surface area contributed by atoms with Crippen molar-refractivity contribution in [3.63, 3.8) is 0 Å². The Morgan fingerprint density at radius 2 is 1.91 bits per heavy atom. The van der Waals surface area contributed by atoms with Crippen molar-refractivity contribution in [3.05, 3.63) is 95.4 Å². The molecule has 34 heavy (non-hydrogen) atoms. The molecule has 168 valence electrons. The van der Waals surface area contributed by atoms with Gasteiger partial charge in [-0.15, -0.1) is 10.2 Å². The molecule has 0 spiro atoms. The molecule has 5 aromatic rings. The number of hydrogen-bond donors (Lipinski definition) is 1. The maximum Gasteiger partial charge on any atom is 0.349 e. The van der Waals surface area contributed by atoms with Crippen LogP contribution in [0.25, 0.3) is 16.8 Å². The van der Waals surface area contributed by atoms with Gasteiger partial charge in [-0.1, -0.05) is 12.1 Å². The molecule has 2 aromatic carbocycles. The van der Waals surface area contributed by atoms with E-state index in [0.717, 1.165) is 0 Å². The molecule has 0 aliphatic rings. The Morgan fingerprint density at radius 3 is 2.62 bits per heavy atom. The Morgan fingerprint density at radius 1 is 1.06 bits per heavy atom. The average Bonchev–Trinajstić information content (AvgIpc) is 3.40. The first kappa shape index (κ1) is 20.9. The van der Waals surface area contributed by atoms with Crippen LogP contribution in [0, 0.1) is 0 Å². The fourth-order valence-electron chi connectivity index (χ4n) is 3.26. The summed E-state index contributed by atoms with van der Waals surface area (Å²) in [5, 5.41) is 11.4. The Kier molecular flexibility index (Phi) is 5.45. The van der Waals surface area contributed by atoms with Crippen LogP contribution in [0.4, 0.5) is 5.69 Å². The van der Waals surface area contributed by atoms with Crippen molar-refractivity contribution in [2.45, 2.75) is 0 Å². The molecule has 0 saturated heterocycles. The van der Waals surface area contributed by atoms with E-state index in [1.54, 1.807) is 77.9 Å². The monoisotopic (exact) mass is 455 g/mol. The van der Waals surface area contributed by atoms with E-state index >= 15 is 0 Å². The van der Waals surface area contributed by atoms with Gasteiger partial charge in [-0.05, 0) is 42.5 Å². The maximum atomic E-state index is 12.7. The number of carbonyl (C=O) groups is 1. The zero-order valence-electron chi connectivity index (χ0n) is 17.8. The van der Waals surface area contributed by atoms with Gasteiger partial charge in [-0.3, -0.25) is 9.36 Å². The van der Waals surface area contributed by atoms with Crippen LogP contribution in [0.2, 0.25) is 0 Å². The molecule has 0 bridgehead atoms. The van der Waals surface area contributed by atoms with Gasteiger partial charge in [0.05, 0.1) is 7.11 Å². The maximum absolute atomic E-state index is 12.7. The van der Waals surface area contributed by atoms with Gasteiger partial charge in [0, 0.05) is 29.5 Å². The number of nitrogens with one attached hydrogen (secondary N) is 1. The van der Waals surface area contributed by atoms with Crippen molar-refractivity contribution in [2.75, 3.05) is 12.4 Å². The zero-order chi connectivity index (χ0) is 23.5. The summed E-state index contributed by atoms with van der Waals surface area (Å²) in [4.78, 5) is 29.0. The molecule has 0 fully saturated rings. The SMILES string of the molecule is COc1cccc2cc(C(=O)Nc3ccc(Oc4ccc(-n5ccnc5)nn4)cc3)c(=O)oc12. The van der Waals surface area contributed by atoms with Crippen LogP contribution in [-0.4, -0.2) is 32.8 Å². The first-order chi connectivity index (χ1) is 16.6. The second-order valence-corrected chi connectivity index (χ2v) is 7.11. The molecular weight excluding hydrogens is 438 g/mol. The molecule has 3 heterocycles. The van der Waals surface area contributed by atoms with Gasteiger partial charge in [0.1, 0.15) is 17.6 Å². The average molecular weight is 455 g/mol. The number of para-hydroxylation sites is 1. The fourth-order valence-corrected chi connectivity index (χ4v) is 3.26. The summed E-state index contributed by atoms with van der Waals surface area (Å²) in [6, 6.07) is 16.7. The molecule has 1 amide bonds. The largest absolute Gasteiger partial charge is 0.493 e. The Labute approximate surface area is 192 Å². The third-order valence-corrected chi connectivity index (χ3v) is 4.92. The van der Waals surface area contributed by atoms with Crippen LogP contribution in [-0.2, 0) is 0 Å². The summed E-state index contributed by atoms with van der Waals surface area (Å²) < 4.78 is 17.9. The Bertz CT molecular complexity index is 1510. The summed E-state index contributed by atoms with van der Waals surface area (Å²) in [7, 11) is 1.48. The summed E-state index contributed by atoms with van der Waals surface area (Å²) in [6.45, 7) is 0. The van der Waals surface area contributed by atoms with Gasteiger partial charge in [0.15, 0.2) is 17.2 Å². The van der Waals surface area contributed by atoms with E-state index in [9.17, 15) is 9.59 Å². The number of methoxy groups -OCH3 is 1. The predicted molar refractivity (Wildman–Crippen MR) is 123 cm³/mol. The van der Waals surface area contributed by atoms with Gasteiger partial charge >= 0.3 is 5.63 Å². The molecule has 0 atom stereocenters. The van der Waals surface area contributed by atoms with Crippen molar-refractivity contribution in [2.24, 2.45) is 0 Å². The molecule has 0 saturated carbocycles. The minimum atomic E-state index is -0.757. The first-order valence-corrected chi connectivity index (χ1v) is 10.1. The van der Waals surface area contributed by atoms with Crippen LogP contribution in [0.15, 0.2) is 88.6 Å². The van der Waals surface area contributed by atoms with E-state index in [2.05, 4.69) is 20.5 Å². The minimum absolute atomic E-state index is 0.116. The summed E-state index contributed by atoms with van der Waals surface area (Å²) >= 11 is 0. The molecule has 0 radical (unpaired) electrons. The van der Waals surface area contributed by atoms with Crippen molar-refractivity contribution < 1.29 is 18.7 Å². The summed E-state index contributed by atoms with van der Waals surface area (Å²) in [6.07, 6.45) is 5.03. The number of imidazole rings is 1. The highest BCUT2D eigenvalue weighted by Crippen LogP contribution is 2.25. The van der Waals surface area contributed by atoms with Crippen LogP contribution in [0.1, 0.15) is 10.4 Å². The van der Waals surface area contributed by atoms with Gasteiger partial charge in [0.25, 0.3) is 5.91 Å². The molecule has 1 N–H and O–H groups in total. The molecule has 0 aliphatic carbocycles. The number of amides is 1. The number of aromatic nitrogens is 4. The fraction of sp³-hybridized carbons (Fsp3) is 0.0417. The molecular formula is C24H17N5O5. The highest BCUT2D eigenvalue weighted by atomic mass is 16.5. The third kappa shape index (κ3) is 4.19. The Balaban J connectivity index is 1.28. The number of fused-ring (bicyclic) bond motifs is 1. The lowest BCUT2D eigenvalue weighted by Crippen LogP contribution is -2.20. The van der Waals surface area contributed by atoms with E-state index in [4.69, 9.17) is 13.9 Å². The normalized spacial score (nSPS) is 10.7. The van der Waals surface area contributed by atoms with Gasteiger partial charge in [-0.25, -0.2) is 9.78 Å². The third-order valence-electron chi connectivity index (χ3n) is 4.92. The highest BCUT2D eigenvalue weighted by molar-refractivity contribution is 6.05. The van der Waals surface area contributed by atoms with Crippen molar-refractivity contribution in [1.82, 2.24) is 19.7 Å². The van der Waals surface area contributed by atoms with Gasteiger partial charge in [-0.2, -0.15) is 0 Å². The van der Waals surface area contributed by atoms with Crippen molar-refractivity contribution >= 4 is 22.6 Å². The topological polar surface area (TPSA) is 121 Å². The first-order valence-electron chi connectivity index (χ1n) is 10.1. The van der Waals surface area contributed by atoms with E-state index in [1.807, 2.05) is 0 Å². The molecule has 10 nitrogen and oxygen atoms in total. The van der Waals surface area contributed by atoms with Crippen LogP contribution in [0.5, 0.6) is 17.4 Å². The molecule has 5 rings (SSSR count). The predicted octanol–water partition coefficient (Wildman–Crippen LogP) is 3.82. The molecule has 0 unspecified atom stereocenters. The lowest BCUT2D eigenvalue weighted by atomic mass is 10.1. The second kappa shape index (κ2) is 8.87. The van der Waals surface area contributed by atoms with Crippen LogP contribution in [0.3, 0.4) is 0 Å². The van der Waals surface area contributed by atoms with Crippen molar-refractivity contribution in [1.29, 1.82) is 0 Å². The smallest absolute Gasteiger partial charge is 0.349 e. The van der Waals surface area contributed by atoms with Crippen LogP contribution >= 0.6 is 0 Å². The lowest BCUT2D eigenvalue weighted by Gasteiger charge is -2.08. The second-order valence-electron chi connectivity index (χ2n) is 7.11. The van der Waals surface area contributed by atoms with E-state index < -0.39 is 11.5 Å². The van der Waals surface area contributed by atoms with Crippen LogP contribution < -0.4 is 20.4 Å². The zero-order valence-corrected chi connectivity index (χ0v) is 17.8. The highest BCUT2D eigenvalue weighted by Gasteiger charge is 2.16. The number of nitrogens with zero attached hydrogens (tertiary/aromatic N) is 4.